The third-order valence-corrected chi connectivity index (χ3v) is 8.25. The first-order chi connectivity index (χ1) is 19.9. The predicted molar refractivity (Wildman–Crippen MR) is 163 cm³/mol. The minimum Gasteiger partial charge on any atom is -0.363 e. The molecule has 1 saturated carbocycles. The Morgan fingerprint density at radius 2 is 1.95 bits per heavy atom. The van der Waals surface area contributed by atoms with Crippen molar-refractivity contribution in [3.8, 4) is 0 Å². The molecule has 3 N–H and O–H groups in total. The van der Waals surface area contributed by atoms with Crippen molar-refractivity contribution in [3.05, 3.63) is 77.0 Å². The lowest BCUT2D eigenvalue weighted by Gasteiger charge is -2.33. The third-order valence-electron chi connectivity index (χ3n) is 8.25. The number of anilines is 3. The lowest BCUT2D eigenvalue weighted by Crippen LogP contribution is -2.45. The van der Waals surface area contributed by atoms with E-state index < -0.39 is 0 Å². The van der Waals surface area contributed by atoms with E-state index in [2.05, 4.69) is 64.8 Å². The van der Waals surface area contributed by atoms with E-state index in [9.17, 15) is 9.59 Å². The van der Waals surface area contributed by atoms with E-state index in [-0.39, 0.29) is 17.7 Å². The molecule has 0 spiro atoms. The molecule has 2 aromatic carbocycles. The van der Waals surface area contributed by atoms with Crippen molar-refractivity contribution >= 4 is 39.9 Å². The number of carbonyl (C=O) groups excluding carboxylic acids is 2. The number of Topliss-reactive ketones (excluding diaryl/α,β-unsaturated/α-hetero) is 1. The number of hydrogen-bond acceptors (Lipinski definition) is 6. The largest absolute Gasteiger partial charge is 0.363 e. The molecule has 8 heteroatoms. The molecular weight excluding hydrogens is 512 g/mol. The van der Waals surface area contributed by atoms with E-state index in [0.29, 0.717) is 41.8 Å². The lowest BCUT2D eigenvalue weighted by molar-refractivity contribution is -0.133. The van der Waals surface area contributed by atoms with Crippen LogP contribution < -0.4 is 10.6 Å². The van der Waals surface area contributed by atoms with Gasteiger partial charge in [-0.1, -0.05) is 44.2 Å². The van der Waals surface area contributed by atoms with Crippen molar-refractivity contribution in [1.82, 2.24) is 20.1 Å². The number of rotatable bonds is 9. The fraction of sp³-hybridized carbons (Fsp3) is 0.394. The number of nitrogens with zero attached hydrogens (tertiary/aromatic N) is 3. The number of likely N-dealkylation sites (tertiary alicyclic amines) is 1. The highest BCUT2D eigenvalue weighted by atomic mass is 16.2. The summed E-state index contributed by atoms with van der Waals surface area (Å²) in [6, 6.07) is 16.0. The van der Waals surface area contributed by atoms with Gasteiger partial charge in [0.15, 0.2) is 17.2 Å². The molecule has 3 heterocycles. The first kappa shape index (κ1) is 27.0. The number of benzene rings is 2. The molecule has 4 aromatic rings. The molecule has 2 aliphatic rings. The number of hydrogen-bond donors (Lipinski definition) is 3. The van der Waals surface area contributed by atoms with Gasteiger partial charge >= 0.3 is 0 Å². The zero-order chi connectivity index (χ0) is 28.5. The van der Waals surface area contributed by atoms with Crippen molar-refractivity contribution in [3.63, 3.8) is 0 Å². The Balaban J connectivity index is 1.18. The monoisotopic (exact) mass is 550 g/mol. The Morgan fingerprint density at radius 3 is 2.73 bits per heavy atom. The molecular formula is C33H38N6O2. The molecule has 1 atom stereocenters. The highest BCUT2D eigenvalue weighted by molar-refractivity contribution is 6.01. The van der Waals surface area contributed by atoms with Gasteiger partial charge in [-0.25, -0.2) is 4.98 Å². The summed E-state index contributed by atoms with van der Waals surface area (Å²) in [7, 11) is 0. The maximum atomic E-state index is 13.2. The fourth-order valence-corrected chi connectivity index (χ4v) is 5.95. The van der Waals surface area contributed by atoms with E-state index in [4.69, 9.17) is 0 Å². The van der Waals surface area contributed by atoms with E-state index in [1.165, 1.54) is 11.1 Å². The maximum absolute atomic E-state index is 13.2. The number of ketones is 1. The summed E-state index contributed by atoms with van der Waals surface area (Å²) in [6.45, 7) is 8.01. The molecule has 212 valence electrons. The van der Waals surface area contributed by atoms with Crippen LogP contribution in [0, 0.1) is 12.8 Å². The Kier molecular flexibility index (Phi) is 7.47. The lowest BCUT2D eigenvalue weighted by atomic mass is 9.94. The quantitative estimate of drug-likeness (QED) is 0.209. The van der Waals surface area contributed by atoms with Crippen LogP contribution in [-0.2, 0) is 11.2 Å². The number of aryl methyl sites for hydroxylation is 1. The second-order valence-electron chi connectivity index (χ2n) is 11.8. The van der Waals surface area contributed by atoms with Gasteiger partial charge in [0.25, 0.3) is 0 Å². The molecule has 2 fully saturated rings. The number of carbonyl (C=O) groups is 2. The first-order valence-electron chi connectivity index (χ1n) is 14.7. The van der Waals surface area contributed by atoms with E-state index in [0.717, 1.165) is 54.6 Å². The summed E-state index contributed by atoms with van der Waals surface area (Å²) in [5.74, 6) is 1.79. The first-order valence-corrected chi connectivity index (χ1v) is 14.7. The molecule has 41 heavy (non-hydrogen) atoms. The van der Waals surface area contributed by atoms with Gasteiger partial charge in [-0.05, 0) is 73.4 Å². The minimum absolute atomic E-state index is 0.0819. The van der Waals surface area contributed by atoms with Crippen LogP contribution in [0.25, 0.3) is 11.0 Å². The Hall–Kier alpha value is -4.20. The van der Waals surface area contributed by atoms with Crippen molar-refractivity contribution in [1.29, 1.82) is 0 Å². The molecule has 0 bridgehead atoms. The number of H-pyrrole nitrogens is 1. The van der Waals surface area contributed by atoms with Gasteiger partial charge in [0.2, 0.25) is 5.91 Å². The highest BCUT2D eigenvalue weighted by Crippen LogP contribution is 2.34. The molecule has 1 saturated heterocycles. The topological polar surface area (TPSA) is 103 Å². The van der Waals surface area contributed by atoms with Crippen molar-refractivity contribution in [2.75, 3.05) is 23.7 Å². The molecule has 8 nitrogen and oxygen atoms in total. The maximum Gasteiger partial charge on any atom is 0.225 e. The van der Waals surface area contributed by atoms with Crippen LogP contribution in [0.4, 0.5) is 17.2 Å². The number of nitrogens with one attached hydrogen (secondary N) is 3. The van der Waals surface area contributed by atoms with Gasteiger partial charge in [0, 0.05) is 48.9 Å². The second kappa shape index (κ2) is 11.4. The normalized spacial score (nSPS) is 17.2. The summed E-state index contributed by atoms with van der Waals surface area (Å²) in [5.41, 5.74) is 6.57. The van der Waals surface area contributed by atoms with Crippen LogP contribution in [0.5, 0.6) is 0 Å². The summed E-state index contributed by atoms with van der Waals surface area (Å²) >= 11 is 0. The summed E-state index contributed by atoms with van der Waals surface area (Å²) in [4.78, 5) is 32.3. The Bertz CT molecular complexity index is 1590. The molecule has 0 unspecified atom stereocenters. The van der Waals surface area contributed by atoms with Crippen LogP contribution in [0.2, 0.25) is 0 Å². The van der Waals surface area contributed by atoms with Crippen LogP contribution >= 0.6 is 0 Å². The fourth-order valence-electron chi connectivity index (χ4n) is 5.95. The number of aromatic nitrogens is 3. The van der Waals surface area contributed by atoms with Crippen molar-refractivity contribution < 1.29 is 9.59 Å². The number of fused-ring (bicyclic) bond motifs is 1. The number of amides is 1. The van der Waals surface area contributed by atoms with Crippen molar-refractivity contribution in [2.24, 2.45) is 5.92 Å². The Labute approximate surface area is 240 Å². The average molecular weight is 551 g/mol. The van der Waals surface area contributed by atoms with Gasteiger partial charge in [0.05, 0.1) is 11.1 Å². The number of pyridine rings is 1. The van der Waals surface area contributed by atoms with Crippen LogP contribution in [0.15, 0.2) is 54.7 Å². The SMILES string of the molecule is Cc1cc(CC(=O)c2cccc(Nc3ccnc4[nH]nc(N[C@@H]5CCCN(C(=O)C6CC6)C5)c34)c2)ccc1C(C)C. The van der Waals surface area contributed by atoms with E-state index in [1.54, 1.807) is 6.20 Å². The Morgan fingerprint density at radius 1 is 1.10 bits per heavy atom. The zero-order valence-electron chi connectivity index (χ0n) is 24.0. The number of piperidine rings is 1. The molecule has 0 radical (unpaired) electrons. The minimum atomic E-state index is 0.0819. The van der Waals surface area contributed by atoms with Gasteiger partial charge in [-0.2, -0.15) is 5.10 Å². The van der Waals surface area contributed by atoms with Gasteiger partial charge in [-0.15, -0.1) is 0 Å². The zero-order valence-corrected chi connectivity index (χ0v) is 24.0. The molecule has 2 aromatic heterocycles. The van der Waals surface area contributed by atoms with Gasteiger partial charge < -0.3 is 15.5 Å². The third kappa shape index (κ3) is 5.97. The van der Waals surface area contributed by atoms with Crippen LogP contribution in [0.1, 0.15) is 72.5 Å². The molecule has 1 aliphatic carbocycles. The van der Waals surface area contributed by atoms with E-state index >= 15 is 0 Å². The smallest absolute Gasteiger partial charge is 0.225 e. The molecule has 1 amide bonds. The summed E-state index contributed by atoms with van der Waals surface area (Å²) < 4.78 is 0. The second-order valence-corrected chi connectivity index (χ2v) is 11.8. The molecule has 6 rings (SSSR count). The predicted octanol–water partition coefficient (Wildman–Crippen LogP) is 6.37. The highest BCUT2D eigenvalue weighted by Gasteiger charge is 2.35. The van der Waals surface area contributed by atoms with Crippen LogP contribution in [-0.4, -0.2) is 50.9 Å². The van der Waals surface area contributed by atoms with Gasteiger partial charge in [-0.3, -0.25) is 14.7 Å². The number of aromatic amines is 1. The van der Waals surface area contributed by atoms with Crippen molar-refractivity contribution in [2.45, 2.75) is 64.8 Å². The molecule has 1 aliphatic heterocycles. The van der Waals surface area contributed by atoms with Crippen LogP contribution in [0.3, 0.4) is 0 Å². The van der Waals surface area contributed by atoms with E-state index in [1.807, 2.05) is 35.2 Å². The average Bonchev–Trinajstić information content (AvgIpc) is 3.74. The van der Waals surface area contributed by atoms with Gasteiger partial charge in [0.1, 0.15) is 0 Å². The standard InChI is InChI=1S/C33H38N6O2/c1-20(2)27-12-9-22(16-21(27)3)17-29(40)24-6-4-7-25(18-24)35-28-13-14-34-31-30(28)32(38-37-31)36-26-8-5-15-39(19-26)33(41)23-10-11-23/h4,6-7,9,12-14,16,18,20,23,26H,5,8,10-11,15,17,19H2,1-3H3,(H3,34,35,36,37,38)/t26-/m1/s1. The summed E-state index contributed by atoms with van der Waals surface area (Å²) in [6.07, 6.45) is 6.10. The summed E-state index contributed by atoms with van der Waals surface area (Å²) in [5, 5.41) is 15.5.